The molecule has 0 heterocycles. The van der Waals surface area contributed by atoms with E-state index in [1.54, 1.807) is 0 Å². The molecule has 0 saturated heterocycles. The summed E-state index contributed by atoms with van der Waals surface area (Å²) in [4.78, 5) is 11.6. The van der Waals surface area contributed by atoms with E-state index in [1.165, 1.54) is 7.11 Å². The number of nitrogens with two attached hydrogens (primary N) is 1. The van der Waals surface area contributed by atoms with E-state index in [1.807, 2.05) is 0 Å². The van der Waals surface area contributed by atoms with E-state index in [-0.39, 0.29) is 24.0 Å². The lowest BCUT2D eigenvalue weighted by Crippen LogP contribution is -2.12. The van der Waals surface area contributed by atoms with Crippen LogP contribution in [-0.2, 0) is 4.79 Å². The molecule has 0 aliphatic heterocycles. The van der Waals surface area contributed by atoms with Gasteiger partial charge in [0.05, 0.1) is 7.11 Å². The van der Waals surface area contributed by atoms with Crippen LogP contribution in [0, 0.1) is 11.6 Å². The average molecular weight is 323 g/mol. The van der Waals surface area contributed by atoms with Crippen molar-refractivity contribution in [2.24, 2.45) is 5.73 Å². The first-order chi connectivity index (χ1) is 9.58. The number of amides is 1. The second kappa shape index (κ2) is 10.3. The van der Waals surface area contributed by atoms with Crippen molar-refractivity contribution in [2.75, 3.05) is 19.0 Å². The van der Waals surface area contributed by atoms with Crippen molar-refractivity contribution in [3.8, 4) is 5.75 Å². The minimum Gasteiger partial charge on any atom is -0.491 e. The van der Waals surface area contributed by atoms with Crippen LogP contribution >= 0.6 is 12.4 Å². The molecule has 21 heavy (non-hydrogen) atoms. The highest BCUT2D eigenvalue weighted by Crippen LogP contribution is 2.25. The SMILES string of the molecule is COc1c(F)cc(NC(=O)CCCCCCN)cc1F.Cl. The summed E-state index contributed by atoms with van der Waals surface area (Å²) in [6, 6.07) is 2.07. The zero-order valence-corrected chi connectivity index (χ0v) is 12.8. The van der Waals surface area contributed by atoms with E-state index in [9.17, 15) is 13.6 Å². The Morgan fingerprint density at radius 2 is 1.76 bits per heavy atom. The summed E-state index contributed by atoms with van der Waals surface area (Å²) in [5.41, 5.74) is 5.45. The summed E-state index contributed by atoms with van der Waals surface area (Å²) in [6.07, 6.45) is 3.88. The van der Waals surface area contributed by atoms with E-state index in [0.29, 0.717) is 13.0 Å². The first-order valence-electron chi connectivity index (χ1n) is 6.61. The number of carbonyl (C=O) groups is 1. The molecular weight excluding hydrogens is 302 g/mol. The Balaban J connectivity index is 0.00000400. The van der Waals surface area contributed by atoms with Gasteiger partial charge in [-0.15, -0.1) is 12.4 Å². The van der Waals surface area contributed by atoms with Crippen molar-refractivity contribution in [1.29, 1.82) is 0 Å². The fourth-order valence-electron chi connectivity index (χ4n) is 1.83. The van der Waals surface area contributed by atoms with Gasteiger partial charge in [-0.2, -0.15) is 0 Å². The number of ether oxygens (including phenoxy) is 1. The lowest BCUT2D eigenvalue weighted by atomic mass is 10.1. The molecule has 0 saturated carbocycles. The molecule has 1 rings (SSSR count). The van der Waals surface area contributed by atoms with E-state index >= 15 is 0 Å². The first-order valence-corrected chi connectivity index (χ1v) is 6.61. The van der Waals surface area contributed by atoms with Crippen molar-refractivity contribution in [3.63, 3.8) is 0 Å². The number of halogens is 3. The van der Waals surface area contributed by atoms with Crippen LogP contribution in [0.25, 0.3) is 0 Å². The molecule has 0 spiro atoms. The van der Waals surface area contributed by atoms with Gasteiger partial charge in [-0.1, -0.05) is 12.8 Å². The van der Waals surface area contributed by atoms with Gasteiger partial charge in [0.2, 0.25) is 5.91 Å². The number of methoxy groups -OCH3 is 1. The van der Waals surface area contributed by atoms with Crippen LogP contribution in [0.2, 0.25) is 0 Å². The monoisotopic (exact) mass is 322 g/mol. The van der Waals surface area contributed by atoms with E-state index in [4.69, 9.17) is 5.73 Å². The molecule has 1 aromatic rings. The fourth-order valence-corrected chi connectivity index (χ4v) is 1.83. The second-order valence-corrected chi connectivity index (χ2v) is 4.47. The number of carbonyl (C=O) groups excluding carboxylic acids is 1. The molecule has 7 heteroatoms. The maximum absolute atomic E-state index is 13.4. The second-order valence-electron chi connectivity index (χ2n) is 4.47. The lowest BCUT2D eigenvalue weighted by molar-refractivity contribution is -0.116. The Kier molecular flexibility index (Phi) is 9.65. The maximum atomic E-state index is 13.4. The Morgan fingerprint density at radius 1 is 1.19 bits per heavy atom. The van der Waals surface area contributed by atoms with Crippen LogP contribution in [0.5, 0.6) is 5.75 Å². The number of benzene rings is 1. The fraction of sp³-hybridized carbons (Fsp3) is 0.500. The number of nitrogens with one attached hydrogen (secondary N) is 1. The quantitative estimate of drug-likeness (QED) is 0.722. The summed E-state index contributed by atoms with van der Waals surface area (Å²) in [7, 11) is 1.18. The molecule has 0 radical (unpaired) electrons. The number of unbranched alkanes of at least 4 members (excludes halogenated alkanes) is 3. The van der Waals surface area contributed by atoms with Gasteiger partial charge in [0, 0.05) is 24.2 Å². The van der Waals surface area contributed by atoms with Gasteiger partial charge in [-0.3, -0.25) is 4.79 Å². The zero-order valence-electron chi connectivity index (χ0n) is 12.0. The summed E-state index contributed by atoms with van der Waals surface area (Å²) in [5.74, 6) is -2.40. The Hall–Kier alpha value is -1.40. The molecule has 120 valence electrons. The zero-order chi connectivity index (χ0) is 15.0. The van der Waals surface area contributed by atoms with Crippen LogP contribution < -0.4 is 15.8 Å². The van der Waals surface area contributed by atoms with Crippen LogP contribution in [0.1, 0.15) is 32.1 Å². The summed E-state index contributed by atoms with van der Waals surface area (Å²) < 4.78 is 31.4. The molecule has 3 N–H and O–H groups in total. The molecule has 0 aliphatic rings. The normalized spacial score (nSPS) is 9.90. The minimum absolute atomic E-state index is 0. The van der Waals surface area contributed by atoms with Crippen molar-refractivity contribution in [2.45, 2.75) is 32.1 Å². The van der Waals surface area contributed by atoms with Gasteiger partial charge in [-0.25, -0.2) is 8.78 Å². The van der Waals surface area contributed by atoms with Crippen LogP contribution in [0.3, 0.4) is 0 Å². The smallest absolute Gasteiger partial charge is 0.224 e. The highest BCUT2D eigenvalue weighted by atomic mass is 35.5. The minimum atomic E-state index is -0.842. The largest absolute Gasteiger partial charge is 0.491 e. The first kappa shape index (κ1) is 19.6. The van der Waals surface area contributed by atoms with Crippen LogP contribution in [-0.4, -0.2) is 19.6 Å². The van der Waals surface area contributed by atoms with Crippen LogP contribution in [0.15, 0.2) is 12.1 Å². The molecule has 1 amide bonds. The van der Waals surface area contributed by atoms with Crippen molar-refractivity contribution >= 4 is 24.0 Å². The lowest BCUT2D eigenvalue weighted by Gasteiger charge is -2.08. The van der Waals surface area contributed by atoms with Crippen molar-refractivity contribution in [3.05, 3.63) is 23.8 Å². The highest BCUT2D eigenvalue weighted by Gasteiger charge is 2.12. The Morgan fingerprint density at radius 3 is 2.29 bits per heavy atom. The summed E-state index contributed by atoms with van der Waals surface area (Å²) >= 11 is 0. The molecule has 1 aromatic carbocycles. The molecule has 0 bridgehead atoms. The molecule has 0 aliphatic carbocycles. The third-order valence-corrected chi connectivity index (χ3v) is 2.84. The van der Waals surface area contributed by atoms with Gasteiger partial charge in [-0.05, 0) is 19.4 Å². The standard InChI is InChI=1S/C14H20F2N2O2.ClH/c1-20-14-11(15)8-10(9-12(14)16)18-13(19)6-4-2-3-5-7-17;/h8-9H,2-7,17H2,1H3,(H,18,19);1H. The van der Waals surface area contributed by atoms with Crippen molar-refractivity contribution < 1.29 is 18.3 Å². The van der Waals surface area contributed by atoms with E-state index in [0.717, 1.165) is 37.8 Å². The number of anilines is 1. The number of rotatable bonds is 8. The highest BCUT2D eigenvalue weighted by molar-refractivity contribution is 5.90. The molecule has 0 fully saturated rings. The number of hydrogen-bond acceptors (Lipinski definition) is 3. The third-order valence-electron chi connectivity index (χ3n) is 2.84. The van der Waals surface area contributed by atoms with E-state index in [2.05, 4.69) is 10.1 Å². The van der Waals surface area contributed by atoms with E-state index < -0.39 is 17.4 Å². The molecule has 4 nitrogen and oxygen atoms in total. The third kappa shape index (κ3) is 6.73. The average Bonchev–Trinajstić information content (AvgIpc) is 2.38. The maximum Gasteiger partial charge on any atom is 0.224 e. The predicted octanol–water partition coefficient (Wildman–Crippen LogP) is 3.24. The summed E-state index contributed by atoms with van der Waals surface area (Å²) in [5, 5.41) is 2.47. The van der Waals surface area contributed by atoms with Crippen LogP contribution in [0.4, 0.5) is 14.5 Å². The Bertz CT molecular complexity index is 436. The Labute approximate surface area is 129 Å². The summed E-state index contributed by atoms with van der Waals surface area (Å²) in [6.45, 7) is 0.649. The van der Waals surface area contributed by atoms with Gasteiger partial charge in [0.1, 0.15) is 0 Å². The van der Waals surface area contributed by atoms with Gasteiger partial charge in [0.15, 0.2) is 17.4 Å². The predicted molar refractivity (Wildman–Crippen MR) is 80.9 cm³/mol. The van der Waals surface area contributed by atoms with Gasteiger partial charge >= 0.3 is 0 Å². The van der Waals surface area contributed by atoms with Gasteiger partial charge < -0.3 is 15.8 Å². The molecular formula is C14H21ClF2N2O2. The molecule has 0 aromatic heterocycles. The van der Waals surface area contributed by atoms with Gasteiger partial charge in [0.25, 0.3) is 0 Å². The molecule has 0 unspecified atom stereocenters. The topological polar surface area (TPSA) is 64.3 Å². The number of hydrogen-bond donors (Lipinski definition) is 2. The molecule has 0 atom stereocenters. The van der Waals surface area contributed by atoms with Crippen molar-refractivity contribution in [1.82, 2.24) is 0 Å².